The van der Waals surface area contributed by atoms with Gasteiger partial charge in [-0.2, -0.15) is 5.26 Å². The van der Waals surface area contributed by atoms with E-state index in [1.807, 2.05) is 36.4 Å². The van der Waals surface area contributed by atoms with Crippen molar-refractivity contribution in [2.75, 3.05) is 0 Å². The Labute approximate surface area is 150 Å². The second-order valence-corrected chi connectivity index (χ2v) is 6.46. The Kier molecular flexibility index (Phi) is 5.17. The molecule has 0 unspecified atom stereocenters. The molecule has 0 spiro atoms. The number of aliphatic imine (C=N–C) groups is 1. The van der Waals surface area contributed by atoms with Crippen LogP contribution in [0.1, 0.15) is 16.7 Å². The highest BCUT2D eigenvalue weighted by molar-refractivity contribution is 8.18. The molecule has 0 saturated carbocycles. The van der Waals surface area contributed by atoms with E-state index in [1.165, 1.54) is 5.56 Å². The number of nitriles is 1. The van der Waals surface area contributed by atoms with Gasteiger partial charge in [-0.1, -0.05) is 42.0 Å². The number of benzene rings is 2. The maximum absolute atomic E-state index is 11.8. The highest BCUT2D eigenvalue weighted by Crippen LogP contribution is 2.26. The van der Waals surface area contributed by atoms with Crippen LogP contribution in [0, 0.1) is 18.4 Å². The normalized spacial score (nSPS) is 16.7. The Hall–Kier alpha value is -3.04. The van der Waals surface area contributed by atoms with E-state index in [4.69, 9.17) is 10.00 Å². The van der Waals surface area contributed by atoms with Crippen LogP contribution in [-0.4, -0.2) is 11.1 Å². The molecule has 0 aliphatic carbocycles. The summed E-state index contributed by atoms with van der Waals surface area (Å²) in [4.78, 5) is 15.8. The number of hydrogen-bond acceptors (Lipinski definition) is 5. The van der Waals surface area contributed by atoms with E-state index in [1.54, 1.807) is 12.3 Å². The average Bonchev–Trinajstić information content (AvgIpc) is 2.95. The first-order chi connectivity index (χ1) is 12.1. The third kappa shape index (κ3) is 4.49. The van der Waals surface area contributed by atoms with Gasteiger partial charge < -0.3 is 4.74 Å². The van der Waals surface area contributed by atoms with Crippen molar-refractivity contribution >= 4 is 28.9 Å². The Bertz CT molecular complexity index is 878. The molecule has 2 aromatic carbocycles. The van der Waals surface area contributed by atoms with E-state index in [0.29, 0.717) is 16.7 Å². The van der Waals surface area contributed by atoms with Crippen molar-refractivity contribution < 1.29 is 9.53 Å². The van der Waals surface area contributed by atoms with Gasteiger partial charge in [-0.15, -0.1) is 4.99 Å². The molecule has 3 rings (SSSR count). The molecule has 5 nitrogen and oxygen atoms in total. The predicted octanol–water partition coefficient (Wildman–Crippen LogP) is 3.62. The Balaban J connectivity index is 1.63. The topological polar surface area (TPSA) is 74.5 Å². The van der Waals surface area contributed by atoms with Crippen LogP contribution in [0.3, 0.4) is 0 Å². The van der Waals surface area contributed by atoms with Crippen molar-refractivity contribution in [1.82, 2.24) is 5.32 Å². The van der Waals surface area contributed by atoms with Crippen LogP contribution >= 0.6 is 11.8 Å². The van der Waals surface area contributed by atoms with E-state index >= 15 is 0 Å². The first-order valence-electron chi connectivity index (χ1n) is 7.60. The number of thioether (sulfide) groups is 1. The number of ether oxygens (including phenoxy) is 1. The van der Waals surface area contributed by atoms with Gasteiger partial charge in [0.05, 0.1) is 4.91 Å². The molecule has 0 bridgehead atoms. The Morgan fingerprint density at radius 1 is 1.20 bits per heavy atom. The second kappa shape index (κ2) is 7.69. The standard InChI is InChI=1S/C19H15N3O2S/c1-13-2-4-15(5-3-13)11-24-16-8-6-14(7-9-16)10-17-18(23)22-19(25-17)21-12-20/h2-10H,11H2,1H3,(H,21,22,23). The van der Waals surface area contributed by atoms with Gasteiger partial charge >= 0.3 is 0 Å². The number of nitrogens with zero attached hydrogens (tertiary/aromatic N) is 2. The summed E-state index contributed by atoms with van der Waals surface area (Å²) in [5, 5.41) is 11.4. The molecule has 0 atom stereocenters. The van der Waals surface area contributed by atoms with Gasteiger partial charge in [0.25, 0.3) is 5.91 Å². The lowest BCUT2D eigenvalue weighted by molar-refractivity contribution is -0.115. The van der Waals surface area contributed by atoms with E-state index < -0.39 is 0 Å². The monoisotopic (exact) mass is 349 g/mol. The van der Waals surface area contributed by atoms with Crippen molar-refractivity contribution in [1.29, 1.82) is 5.26 Å². The second-order valence-electron chi connectivity index (χ2n) is 5.43. The van der Waals surface area contributed by atoms with Crippen LogP contribution in [0.15, 0.2) is 58.4 Å². The average molecular weight is 349 g/mol. The Morgan fingerprint density at radius 2 is 1.92 bits per heavy atom. The summed E-state index contributed by atoms with van der Waals surface area (Å²) >= 11 is 1.15. The molecule has 1 aliphatic rings. The molecule has 2 aromatic rings. The van der Waals surface area contributed by atoms with Crippen LogP contribution < -0.4 is 10.1 Å². The minimum atomic E-state index is -0.251. The van der Waals surface area contributed by atoms with Gasteiger partial charge in [-0.25, -0.2) is 0 Å². The van der Waals surface area contributed by atoms with Gasteiger partial charge in [0.15, 0.2) is 5.17 Å². The molecule has 6 heteroatoms. The van der Waals surface area contributed by atoms with Crippen LogP contribution in [0.2, 0.25) is 0 Å². The summed E-state index contributed by atoms with van der Waals surface area (Å²) in [6, 6.07) is 15.7. The molecular formula is C19H15N3O2S. The molecule has 0 aromatic heterocycles. The summed E-state index contributed by atoms with van der Waals surface area (Å²) in [7, 11) is 0. The zero-order valence-corrected chi connectivity index (χ0v) is 14.3. The highest BCUT2D eigenvalue weighted by atomic mass is 32.2. The van der Waals surface area contributed by atoms with Gasteiger partial charge in [0.1, 0.15) is 12.4 Å². The van der Waals surface area contributed by atoms with E-state index in [-0.39, 0.29) is 5.91 Å². The number of hydrogen-bond donors (Lipinski definition) is 1. The fourth-order valence-electron chi connectivity index (χ4n) is 2.19. The minimum absolute atomic E-state index is 0.251. The summed E-state index contributed by atoms with van der Waals surface area (Å²) in [5.74, 6) is 0.511. The number of rotatable bonds is 4. The molecule has 1 saturated heterocycles. The van der Waals surface area contributed by atoms with Crippen molar-refractivity contribution in [3.8, 4) is 11.9 Å². The number of carbonyl (C=O) groups is 1. The fraction of sp³-hybridized carbons (Fsp3) is 0.105. The molecule has 1 N–H and O–H groups in total. The first kappa shape index (κ1) is 16.8. The summed E-state index contributed by atoms with van der Waals surface area (Å²) in [6.45, 7) is 2.56. The molecule has 124 valence electrons. The van der Waals surface area contributed by atoms with Crippen LogP contribution in [0.4, 0.5) is 0 Å². The lowest BCUT2D eigenvalue weighted by Gasteiger charge is -2.07. The number of nitrogens with one attached hydrogen (secondary N) is 1. The van der Waals surface area contributed by atoms with Gasteiger partial charge in [0, 0.05) is 0 Å². The van der Waals surface area contributed by atoms with Crippen LogP contribution in [-0.2, 0) is 11.4 Å². The molecule has 25 heavy (non-hydrogen) atoms. The largest absolute Gasteiger partial charge is 0.489 e. The smallest absolute Gasteiger partial charge is 0.264 e. The molecule has 1 heterocycles. The number of aryl methyl sites for hydroxylation is 1. The minimum Gasteiger partial charge on any atom is -0.489 e. The van der Waals surface area contributed by atoms with E-state index in [9.17, 15) is 4.79 Å². The molecule has 1 amide bonds. The van der Waals surface area contributed by atoms with Gasteiger partial charge in [0.2, 0.25) is 6.19 Å². The first-order valence-corrected chi connectivity index (χ1v) is 8.42. The van der Waals surface area contributed by atoms with Gasteiger partial charge in [-0.05, 0) is 48.0 Å². The third-order valence-electron chi connectivity index (χ3n) is 3.51. The van der Waals surface area contributed by atoms with Crippen molar-refractivity contribution in [2.45, 2.75) is 13.5 Å². The van der Waals surface area contributed by atoms with Gasteiger partial charge in [-0.3, -0.25) is 10.1 Å². The SMILES string of the molecule is Cc1ccc(COc2ccc(C=C3SC(=NC#N)NC3=O)cc2)cc1. The Morgan fingerprint density at radius 3 is 2.60 bits per heavy atom. The maximum atomic E-state index is 11.8. The highest BCUT2D eigenvalue weighted by Gasteiger charge is 2.23. The lowest BCUT2D eigenvalue weighted by Crippen LogP contribution is -2.19. The quantitative estimate of drug-likeness (QED) is 0.676. The summed E-state index contributed by atoms with van der Waals surface area (Å²) in [5.41, 5.74) is 3.21. The third-order valence-corrected chi connectivity index (χ3v) is 4.42. The van der Waals surface area contributed by atoms with Crippen molar-refractivity contribution in [2.24, 2.45) is 4.99 Å². The lowest BCUT2D eigenvalue weighted by atomic mass is 10.1. The van der Waals surface area contributed by atoms with Crippen LogP contribution in [0.5, 0.6) is 5.75 Å². The van der Waals surface area contributed by atoms with Crippen LogP contribution in [0.25, 0.3) is 6.08 Å². The molecule has 1 aliphatic heterocycles. The number of amides is 1. The summed E-state index contributed by atoms with van der Waals surface area (Å²) in [6.07, 6.45) is 3.41. The summed E-state index contributed by atoms with van der Waals surface area (Å²) < 4.78 is 5.77. The fourth-order valence-corrected chi connectivity index (χ4v) is 2.97. The zero-order chi connectivity index (χ0) is 17.6. The maximum Gasteiger partial charge on any atom is 0.264 e. The number of amidine groups is 1. The number of carbonyl (C=O) groups excluding carboxylic acids is 1. The van der Waals surface area contributed by atoms with E-state index in [2.05, 4.69) is 29.4 Å². The molecule has 1 fully saturated rings. The predicted molar refractivity (Wildman–Crippen MR) is 98.7 cm³/mol. The van der Waals surface area contributed by atoms with Crippen molar-refractivity contribution in [3.05, 3.63) is 70.1 Å². The van der Waals surface area contributed by atoms with Crippen molar-refractivity contribution in [3.63, 3.8) is 0 Å². The molecular weight excluding hydrogens is 334 g/mol. The molecule has 0 radical (unpaired) electrons. The van der Waals surface area contributed by atoms with E-state index in [0.717, 1.165) is 28.6 Å². The zero-order valence-electron chi connectivity index (χ0n) is 13.5.